The molecule has 11 nitrogen and oxygen atoms in total. The summed E-state index contributed by atoms with van der Waals surface area (Å²) in [4.78, 5) is 17.0. The van der Waals surface area contributed by atoms with E-state index in [-0.39, 0.29) is 16.7 Å². The van der Waals surface area contributed by atoms with E-state index in [4.69, 9.17) is 20.5 Å². The number of quaternary nitrogens is 2. The van der Waals surface area contributed by atoms with E-state index in [1.54, 1.807) is 44.6 Å². The number of hydroxylamine groups is 2. The maximum absolute atomic E-state index is 13.7. The maximum atomic E-state index is 13.7. The van der Waals surface area contributed by atoms with Crippen LogP contribution in [0.15, 0.2) is 78.0 Å². The largest absolute Gasteiger partial charge is 0.628 e. The predicted molar refractivity (Wildman–Crippen MR) is 183 cm³/mol. The summed E-state index contributed by atoms with van der Waals surface area (Å²) in [5.41, 5.74) is 3.31. The summed E-state index contributed by atoms with van der Waals surface area (Å²) in [5, 5.41) is 17.9. The van der Waals surface area contributed by atoms with Crippen molar-refractivity contribution in [2.45, 2.75) is 25.5 Å². The molecular formula is C33H41ClN6O5S+2. The van der Waals surface area contributed by atoms with Crippen LogP contribution in [-0.2, 0) is 21.4 Å². The van der Waals surface area contributed by atoms with Gasteiger partial charge >= 0.3 is 17.0 Å². The molecule has 2 aliphatic rings. The Morgan fingerprint density at radius 1 is 1.09 bits per heavy atom. The molecule has 2 aromatic carbocycles. The number of halogens is 1. The number of anilines is 1. The third kappa shape index (κ3) is 7.60. The van der Waals surface area contributed by atoms with Crippen molar-refractivity contribution in [3.05, 3.63) is 99.3 Å². The van der Waals surface area contributed by atoms with E-state index in [0.717, 1.165) is 37.2 Å². The zero-order valence-electron chi connectivity index (χ0n) is 26.4. The molecule has 1 aliphatic heterocycles. The molecule has 3 heterocycles. The van der Waals surface area contributed by atoms with Gasteiger partial charge in [0.1, 0.15) is 11.4 Å². The highest BCUT2D eigenvalue weighted by molar-refractivity contribution is 7.86. The molecule has 2 N–H and O–H groups in total. The molecule has 6 rings (SSSR count). The van der Waals surface area contributed by atoms with Gasteiger partial charge in [-0.15, -0.1) is 0 Å². The standard InChI is InChI=1S/C33H40ClN6O5S/c1-33(11-12-33)23-44-31-29(21-35-39(32(31)41)28-8-6-7-26(34)20-28)38-17-15-36(16-18-38)24-45-46(43)22-25-19-27(37-13-4-5-14-37)9-10-30(25)40(2,3)42/h4-10,13-14,19-21,43H,11-12,15-18,22-24H2,1-3H3/q+1/p+1. The number of rotatable bonds is 12. The molecule has 244 valence electrons. The molecule has 1 atom stereocenters. The highest BCUT2D eigenvalue weighted by Crippen LogP contribution is 2.45. The predicted octanol–water partition coefficient (Wildman–Crippen LogP) is 3.81. The number of nitrogens with one attached hydrogen (secondary N) is 1. The Morgan fingerprint density at radius 3 is 2.50 bits per heavy atom. The topological polar surface area (TPSA) is 109 Å². The number of benzene rings is 2. The van der Waals surface area contributed by atoms with E-state index < -0.39 is 16.1 Å². The fraction of sp³-hybridized carbons (Fsp3) is 0.394. The normalized spacial score (nSPS) is 17.2. The van der Waals surface area contributed by atoms with Gasteiger partial charge in [-0.05, 0) is 55.3 Å². The molecule has 13 heteroatoms. The highest BCUT2D eigenvalue weighted by atomic mass is 35.5. The van der Waals surface area contributed by atoms with E-state index in [1.165, 1.54) is 9.58 Å². The van der Waals surface area contributed by atoms with Crippen molar-refractivity contribution in [3.8, 4) is 17.1 Å². The Morgan fingerprint density at radius 2 is 1.83 bits per heavy atom. The lowest BCUT2D eigenvalue weighted by Gasteiger charge is -2.34. The summed E-state index contributed by atoms with van der Waals surface area (Å²) in [6.45, 7) is 5.78. The second-order valence-electron chi connectivity index (χ2n) is 12.9. The van der Waals surface area contributed by atoms with Crippen molar-refractivity contribution in [3.63, 3.8) is 0 Å². The van der Waals surface area contributed by atoms with Crippen LogP contribution in [0, 0.1) is 10.6 Å². The monoisotopic (exact) mass is 668 g/mol. The van der Waals surface area contributed by atoms with E-state index in [0.29, 0.717) is 54.3 Å². The minimum absolute atomic E-state index is 0.0997. The van der Waals surface area contributed by atoms with E-state index >= 15 is 0 Å². The van der Waals surface area contributed by atoms with Gasteiger partial charge < -0.3 is 29.0 Å². The molecule has 0 bridgehead atoms. The molecule has 0 spiro atoms. The summed E-state index contributed by atoms with van der Waals surface area (Å²) >= 11 is 4.82. The van der Waals surface area contributed by atoms with Gasteiger partial charge in [-0.2, -0.15) is 14.3 Å². The van der Waals surface area contributed by atoms with Crippen LogP contribution < -0.4 is 24.7 Å². The average Bonchev–Trinajstić information content (AvgIpc) is 3.51. The van der Waals surface area contributed by atoms with Crippen LogP contribution in [0.3, 0.4) is 0 Å². The van der Waals surface area contributed by atoms with Crippen molar-refractivity contribution < 1.29 is 18.4 Å². The summed E-state index contributed by atoms with van der Waals surface area (Å²) in [6.07, 6.45) is 7.75. The molecule has 0 amide bonds. The van der Waals surface area contributed by atoms with E-state index in [2.05, 4.69) is 16.9 Å². The SMILES string of the molecule is CC1(COc2c(N3CC[NH+](CO[S+](O)Cc4cc(-n5cccc5)ccc4[N+](C)(C)[O-])CC3)cnn(-c3cccc(Cl)c3)c2=O)CC1. The maximum Gasteiger partial charge on any atom is 0.323 e. The average molecular weight is 669 g/mol. The number of aromatic nitrogens is 3. The van der Waals surface area contributed by atoms with Crippen molar-refractivity contribution in [1.29, 1.82) is 0 Å². The Bertz CT molecular complexity index is 1710. The van der Waals surface area contributed by atoms with Crippen molar-refractivity contribution in [1.82, 2.24) is 19.0 Å². The number of ether oxygens (including phenoxy) is 1. The Hall–Kier alpha value is -3.36. The van der Waals surface area contributed by atoms with Gasteiger partial charge in [0.05, 0.1) is 64.3 Å². The second kappa shape index (κ2) is 13.4. The molecule has 1 saturated carbocycles. The first-order valence-electron chi connectivity index (χ1n) is 15.4. The minimum atomic E-state index is -1.38. The summed E-state index contributed by atoms with van der Waals surface area (Å²) in [7, 11) is 3.15. The van der Waals surface area contributed by atoms with Crippen molar-refractivity contribution in [2.75, 3.05) is 58.5 Å². The van der Waals surface area contributed by atoms with Crippen LogP contribution in [0.5, 0.6) is 5.75 Å². The fourth-order valence-electron chi connectivity index (χ4n) is 5.60. The first-order valence-corrected chi connectivity index (χ1v) is 17.1. The van der Waals surface area contributed by atoms with Crippen LogP contribution in [0.2, 0.25) is 5.02 Å². The molecule has 0 radical (unpaired) electrons. The van der Waals surface area contributed by atoms with Crippen LogP contribution in [0.25, 0.3) is 11.4 Å². The zero-order valence-corrected chi connectivity index (χ0v) is 28.0. The quantitative estimate of drug-likeness (QED) is 0.134. The van der Waals surface area contributed by atoms with Gasteiger partial charge in [0.2, 0.25) is 18.2 Å². The van der Waals surface area contributed by atoms with Gasteiger partial charge in [-0.3, -0.25) is 4.79 Å². The molecule has 1 unspecified atom stereocenters. The summed E-state index contributed by atoms with van der Waals surface area (Å²) in [6, 6.07) is 16.6. The van der Waals surface area contributed by atoms with E-state index in [9.17, 15) is 14.6 Å². The molecule has 2 fully saturated rings. The molecule has 1 aliphatic carbocycles. The summed E-state index contributed by atoms with van der Waals surface area (Å²) in [5.74, 6) is 0.527. The lowest BCUT2D eigenvalue weighted by Crippen LogP contribution is -3.15. The molecule has 46 heavy (non-hydrogen) atoms. The second-order valence-corrected chi connectivity index (χ2v) is 14.5. The molecule has 2 aromatic heterocycles. The zero-order chi connectivity index (χ0) is 32.5. The van der Waals surface area contributed by atoms with E-state index in [1.807, 2.05) is 47.3 Å². The highest BCUT2D eigenvalue weighted by Gasteiger charge is 2.39. The first-order chi connectivity index (χ1) is 22.0. The van der Waals surface area contributed by atoms with Gasteiger partial charge in [-0.1, -0.05) is 28.8 Å². The van der Waals surface area contributed by atoms with Crippen LogP contribution >= 0.6 is 11.6 Å². The third-order valence-corrected chi connectivity index (χ3v) is 9.85. The summed E-state index contributed by atoms with van der Waals surface area (Å²) < 4.78 is 25.8. The molecular weight excluding hydrogens is 628 g/mol. The lowest BCUT2D eigenvalue weighted by atomic mass is 10.1. The van der Waals surface area contributed by atoms with Crippen LogP contribution in [0.4, 0.5) is 11.4 Å². The lowest BCUT2D eigenvalue weighted by molar-refractivity contribution is -0.916. The number of piperazine rings is 1. The van der Waals surface area contributed by atoms with Gasteiger partial charge in [-0.25, -0.2) is 0 Å². The smallest absolute Gasteiger partial charge is 0.323 e. The third-order valence-electron chi connectivity index (χ3n) is 8.67. The van der Waals surface area contributed by atoms with Gasteiger partial charge in [0.15, 0.2) is 0 Å². The Labute approximate surface area is 277 Å². The molecule has 1 saturated heterocycles. The van der Waals surface area contributed by atoms with Gasteiger partial charge in [0, 0.05) is 34.6 Å². The number of hydrogen-bond acceptors (Lipinski definition) is 7. The minimum Gasteiger partial charge on any atom is -0.628 e. The fourth-order valence-corrected chi connectivity index (χ4v) is 6.67. The first kappa shape index (κ1) is 32.6. The van der Waals surface area contributed by atoms with Crippen LogP contribution in [0.1, 0.15) is 25.3 Å². The Balaban J connectivity index is 1.10. The Kier molecular flexibility index (Phi) is 9.49. The van der Waals surface area contributed by atoms with Crippen molar-refractivity contribution >= 4 is 34.4 Å². The number of nitrogens with zero attached hydrogens (tertiary/aromatic N) is 5. The van der Waals surface area contributed by atoms with Crippen LogP contribution in [-0.4, -0.2) is 72.5 Å². The van der Waals surface area contributed by atoms with Gasteiger partial charge in [0.25, 0.3) is 0 Å². The number of hydrogen-bond donors (Lipinski definition) is 2. The molecule has 4 aromatic rings. The van der Waals surface area contributed by atoms with Crippen molar-refractivity contribution in [2.24, 2.45) is 5.41 Å².